The number of ether oxygens (including phenoxy) is 1. The predicted octanol–water partition coefficient (Wildman–Crippen LogP) is 5.79. The maximum atomic E-state index is 6.30. The van der Waals surface area contributed by atoms with Gasteiger partial charge in [0.05, 0.1) is 0 Å². The van der Waals surface area contributed by atoms with Crippen LogP contribution in [0.25, 0.3) is 0 Å². The van der Waals surface area contributed by atoms with Crippen LogP contribution >= 0.6 is 27.5 Å². The van der Waals surface area contributed by atoms with Gasteiger partial charge in [-0.1, -0.05) is 47.4 Å². The average Bonchev–Trinajstić information content (AvgIpc) is 2.41. The predicted molar refractivity (Wildman–Crippen MR) is 92.4 cm³/mol. The van der Waals surface area contributed by atoms with E-state index in [2.05, 4.69) is 29.8 Å². The smallest absolute Gasteiger partial charge is 0.133 e. The maximum absolute atomic E-state index is 6.30. The second kappa shape index (κ2) is 6.82. The van der Waals surface area contributed by atoms with Gasteiger partial charge in [-0.2, -0.15) is 0 Å². The van der Waals surface area contributed by atoms with Crippen LogP contribution in [0.4, 0.5) is 0 Å². The minimum atomic E-state index is 0.344. The summed E-state index contributed by atoms with van der Waals surface area (Å²) in [5, 5.41) is 0.781. The average molecular weight is 369 g/mol. The summed E-state index contributed by atoms with van der Waals surface area (Å²) < 4.78 is 7.05. The number of hydrogen-bond donors (Lipinski definition) is 1. The molecule has 2 aromatic carbocycles. The molecule has 2 rings (SSSR count). The van der Waals surface area contributed by atoms with Gasteiger partial charge < -0.3 is 10.5 Å². The SMILES string of the molecule is Cc1cc(Cl)c(C(C)C)cc1Oc1cc(Br)ccc1CN. The van der Waals surface area contributed by atoms with Gasteiger partial charge in [0.25, 0.3) is 0 Å². The molecule has 0 spiro atoms. The van der Waals surface area contributed by atoms with E-state index in [9.17, 15) is 0 Å². The molecule has 2 nitrogen and oxygen atoms in total. The van der Waals surface area contributed by atoms with Crippen LogP contribution in [-0.2, 0) is 6.54 Å². The summed E-state index contributed by atoms with van der Waals surface area (Å²) in [6, 6.07) is 9.83. The third-order valence-corrected chi connectivity index (χ3v) is 4.21. The Morgan fingerprint density at radius 3 is 2.52 bits per heavy atom. The molecule has 0 heterocycles. The van der Waals surface area contributed by atoms with Crippen LogP contribution in [0.2, 0.25) is 5.02 Å². The van der Waals surface area contributed by atoms with E-state index in [0.717, 1.165) is 37.7 Å². The molecule has 4 heteroatoms. The Morgan fingerprint density at radius 1 is 1.19 bits per heavy atom. The summed E-state index contributed by atoms with van der Waals surface area (Å²) in [7, 11) is 0. The summed E-state index contributed by atoms with van der Waals surface area (Å²) in [4.78, 5) is 0. The summed E-state index contributed by atoms with van der Waals surface area (Å²) >= 11 is 9.76. The van der Waals surface area contributed by atoms with Crippen molar-refractivity contribution >= 4 is 27.5 Å². The molecule has 0 saturated carbocycles. The molecule has 0 fully saturated rings. The molecule has 0 aromatic heterocycles. The number of nitrogens with two attached hydrogens (primary N) is 1. The van der Waals surface area contributed by atoms with Crippen LogP contribution in [0.5, 0.6) is 11.5 Å². The van der Waals surface area contributed by atoms with Crippen molar-refractivity contribution < 1.29 is 4.74 Å². The molecule has 0 radical (unpaired) electrons. The van der Waals surface area contributed by atoms with E-state index < -0.39 is 0 Å². The second-order valence-corrected chi connectivity index (χ2v) is 6.68. The first-order chi connectivity index (χ1) is 9.92. The van der Waals surface area contributed by atoms with E-state index in [1.54, 1.807) is 0 Å². The number of rotatable bonds is 4. The lowest BCUT2D eigenvalue weighted by atomic mass is 10.0. The zero-order valence-corrected chi connectivity index (χ0v) is 14.8. The summed E-state index contributed by atoms with van der Waals surface area (Å²) in [5.41, 5.74) is 8.84. The molecule has 0 aliphatic carbocycles. The third kappa shape index (κ3) is 3.79. The summed E-state index contributed by atoms with van der Waals surface area (Å²) in [5.74, 6) is 1.93. The number of aryl methyl sites for hydroxylation is 1. The van der Waals surface area contributed by atoms with E-state index in [0.29, 0.717) is 12.5 Å². The molecule has 2 N–H and O–H groups in total. The summed E-state index contributed by atoms with van der Waals surface area (Å²) in [6.07, 6.45) is 0. The lowest BCUT2D eigenvalue weighted by Crippen LogP contribution is -2.00. The van der Waals surface area contributed by atoms with Crippen molar-refractivity contribution in [3.63, 3.8) is 0 Å². The van der Waals surface area contributed by atoms with Crippen LogP contribution in [0.3, 0.4) is 0 Å². The van der Waals surface area contributed by atoms with E-state index >= 15 is 0 Å². The Labute approximate surface area is 139 Å². The van der Waals surface area contributed by atoms with E-state index in [4.69, 9.17) is 22.1 Å². The van der Waals surface area contributed by atoms with E-state index in [-0.39, 0.29) is 0 Å². The monoisotopic (exact) mass is 367 g/mol. The maximum Gasteiger partial charge on any atom is 0.133 e. The number of hydrogen-bond acceptors (Lipinski definition) is 2. The van der Waals surface area contributed by atoms with Crippen molar-refractivity contribution in [3.8, 4) is 11.5 Å². The molecular formula is C17H19BrClNO. The normalized spacial score (nSPS) is 11.0. The van der Waals surface area contributed by atoms with Gasteiger partial charge in [0.2, 0.25) is 0 Å². The Morgan fingerprint density at radius 2 is 1.90 bits per heavy atom. The first kappa shape index (κ1) is 16.3. The first-order valence-electron chi connectivity index (χ1n) is 6.88. The van der Waals surface area contributed by atoms with E-state index in [1.165, 1.54) is 0 Å². The van der Waals surface area contributed by atoms with Gasteiger partial charge in [0, 0.05) is 21.6 Å². The molecular weight excluding hydrogens is 350 g/mol. The van der Waals surface area contributed by atoms with Gasteiger partial charge >= 0.3 is 0 Å². The minimum absolute atomic E-state index is 0.344. The fourth-order valence-corrected chi connectivity index (χ4v) is 2.91. The Hall–Kier alpha value is -1.03. The Bertz CT molecular complexity index is 655. The molecule has 2 aromatic rings. The molecule has 21 heavy (non-hydrogen) atoms. The standard InChI is InChI=1S/C17H19BrClNO/c1-10(2)14-8-16(11(3)6-15(14)19)21-17-7-13(18)5-4-12(17)9-20/h4-8,10H,9,20H2,1-3H3. The molecule has 0 aliphatic rings. The van der Waals surface area contributed by atoms with Crippen molar-refractivity contribution in [2.75, 3.05) is 0 Å². The van der Waals surface area contributed by atoms with Crippen LogP contribution in [-0.4, -0.2) is 0 Å². The van der Waals surface area contributed by atoms with Crippen molar-refractivity contribution in [3.05, 3.63) is 56.5 Å². The Balaban J connectivity index is 2.44. The van der Waals surface area contributed by atoms with Gasteiger partial charge in [-0.05, 0) is 48.2 Å². The van der Waals surface area contributed by atoms with Crippen molar-refractivity contribution in [2.45, 2.75) is 33.2 Å². The molecule has 0 aliphatic heterocycles. The highest BCUT2D eigenvalue weighted by molar-refractivity contribution is 9.10. The second-order valence-electron chi connectivity index (χ2n) is 5.35. The van der Waals surface area contributed by atoms with Crippen LogP contribution < -0.4 is 10.5 Å². The van der Waals surface area contributed by atoms with Crippen molar-refractivity contribution in [2.24, 2.45) is 5.73 Å². The van der Waals surface area contributed by atoms with Gasteiger partial charge in [0.15, 0.2) is 0 Å². The van der Waals surface area contributed by atoms with Crippen LogP contribution in [0.15, 0.2) is 34.8 Å². The molecule has 0 unspecified atom stereocenters. The Kier molecular flexibility index (Phi) is 5.31. The molecule has 0 saturated heterocycles. The van der Waals surface area contributed by atoms with E-state index in [1.807, 2.05) is 37.3 Å². The highest BCUT2D eigenvalue weighted by atomic mass is 79.9. The van der Waals surface area contributed by atoms with Gasteiger partial charge in [0.1, 0.15) is 11.5 Å². The molecule has 112 valence electrons. The van der Waals surface area contributed by atoms with Gasteiger partial charge in [-0.3, -0.25) is 0 Å². The fourth-order valence-electron chi connectivity index (χ4n) is 2.13. The topological polar surface area (TPSA) is 35.2 Å². The lowest BCUT2D eigenvalue weighted by Gasteiger charge is -2.16. The van der Waals surface area contributed by atoms with Gasteiger partial charge in [-0.15, -0.1) is 0 Å². The molecule has 0 bridgehead atoms. The largest absolute Gasteiger partial charge is 0.457 e. The first-order valence-corrected chi connectivity index (χ1v) is 8.06. The molecule has 0 atom stereocenters. The molecule has 0 amide bonds. The van der Waals surface area contributed by atoms with Gasteiger partial charge in [-0.25, -0.2) is 0 Å². The van der Waals surface area contributed by atoms with Crippen LogP contribution in [0.1, 0.15) is 36.5 Å². The quantitative estimate of drug-likeness (QED) is 0.741. The van der Waals surface area contributed by atoms with Crippen molar-refractivity contribution in [1.82, 2.24) is 0 Å². The van der Waals surface area contributed by atoms with Crippen molar-refractivity contribution in [1.29, 1.82) is 0 Å². The zero-order chi connectivity index (χ0) is 15.6. The zero-order valence-electron chi connectivity index (χ0n) is 12.4. The summed E-state index contributed by atoms with van der Waals surface area (Å²) in [6.45, 7) is 6.66. The third-order valence-electron chi connectivity index (χ3n) is 3.39. The number of benzene rings is 2. The number of halogens is 2. The highest BCUT2D eigenvalue weighted by Gasteiger charge is 2.12. The minimum Gasteiger partial charge on any atom is -0.457 e. The lowest BCUT2D eigenvalue weighted by molar-refractivity contribution is 0.471. The highest BCUT2D eigenvalue weighted by Crippen LogP contribution is 2.35. The van der Waals surface area contributed by atoms with Crippen LogP contribution in [0, 0.1) is 6.92 Å². The fraction of sp³-hybridized carbons (Fsp3) is 0.294.